The van der Waals surface area contributed by atoms with Crippen molar-refractivity contribution in [2.75, 3.05) is 0 Å². The molecule has 1 nitrogen and oxygen atoms in total. The van der Waals surface area contributed by atoms with Crippen molar-refractivity contribution >= 4 is 0 Å². The van der Waals surface area contributed by atoms with E-state index in [0.717, 1.165) is 11.1 Å². The fraction of sp³-hybridized carbons (Fsp3) is 0.500. The maximum Gasteiger partial charge on any atom is 0.123 e. The van der Waals surface area contributed by atoms with Crippen LogP contribution in [0.5, 0.6) is 5.75 Å². The number of aryl methyl sites for hydroxylation is 2. The Morgan fingerprint density at radius 1 is 0.600 bits per heavy atom. The van der Waals surface area contributed by atoms with E-state index in [-0.39, 0.29) is 10.8 Å². The van der Waals surface area contributed by atoms with Gasteiger partial charge < -0.3 is 5.11 Å². The number of benzene rings is 2. The van der Waals surface area contributed by atoms with Crippen molar-refractivity contribution in [3.63, 3.8) is 0 Å². The van der Waals surface area contributed by atoms with Crippen LogP contribution in [-0.2, 0) is 10.8 Å². The minimum absolute atomic E-state index is 0.00859. The normalized spacial score (nSPS) is 11.8. The number of rotatable bonds is 0. The molecule has 0 saturated carbocycles. The van der Waals surface area contributed by atoms with Gasteiger partial charge in [-0.25, -0.2) is 0 Å². The van der Waals surface area contributed by atoms with E-state index >= 15 is 0 Å². The highest BCUT2D eigenvalue weighted by Crippen LogP contribution is 2.38. The van der Waals surface area contributed by atoms with Crippen LogP contribution in [0.2, 0.25) is 0 Å². The Morgan fingerprint density at radius 2 is 0.920 bits per heavy atom. The standard InChI is InChI=1S/C14H22O.C10H14/c1-13(2,3)10-8-7-9-11(12(10)15)14(4,5)6;1-7-5-6-8(2)10(4)9(7)3/h7-9,15H,1-6H3;5-6H,1-4H3. The first kappa shape index (κ1) is 21.3. The summed E-state index contributed by atoms with van der Waals surface area (Å²) >= 11 is 0. The highest BCUT2D eigenvalue weighted by atomic mass is 16.3. The molecular weight excluding hydrogens is 304 g/mol. The second kappa shape index (κ2) is 7.64. The number of para-hydroxylation sites is 1. The summed E-state index contributed by atoms with van der Waals surface area (Å²) in [6.45, 7) is 21.4. The number of phenols is 1. The van der Waals surface area contributed by atoms with E-state index in [9.17, 15) is 5.11 Å². The molecule has 0 bridgehead atoms. The topological polar surface area (TPSA) is 20.2 Å². The highest BCUT2D eigenvalue weighted by Gasteiger charge is 2.24. The first-order valence-corrected chi connectivity index (χ1v) is 9.13. The van der Waals surface area contributed by atoms with Gasteiger partial charge in [-0.1, -0.05) is 71.9 Å². The van der Waals surface area contributed by atoms with Crippen molar-refractivity contribution in [1.82, 2.24) is 0 Å². The molecule has 0 spiro atoms. The zero-order valence-electron chi connectivity index (χ0n) is 17.8. The van der Waals surface area contributed by atoms with Gasteiger partial charge >= 0.3 is 0 Å². The van der Waals surface area contributed by atoms with Gasteiger partial charge in [0, 0.05) is 0 Å². The lowest BCUT2D eigenvalue weighted by Gasteiger charge is -2.26. The lowest BCUT2D eigenvalue weighted by atomic mass is 9.80. The van der Waals surface area contributed by atoms with Gasteiger partial charge in [-0.05, 0) is 71.9 Å². The zero-order valence-corrected chi connectivity index (χ0v) is 17.8. The van der Waals surface area contributed by atoms with Crippen LogP contribution in [0.1, 0.15) is 74.9 Å². The van der Waals surface area contributed by atoms with E-state index in [1.165, 1.54) is 22.3 Å². The fourth-order valence-corrected chi connectivity index (χ4v) is 2.85. The van der Waals surface area contributed by atoms with Crippen LogP contribution in [0.4, 0.5) is 0 Å². The molecule has 0 fully saturated rings. The molecule has 0 atom stereocenters. The van der Waals surface area contributed by atoms with Crippen molar-refractivity contribution < 1.29 is 5.11 Å². The van der Waals surface area contributed by atoms with Crippen molar-refractivity contribution in [3.05, 3.63) is 63.7 Å². The van der Waals surface area contributed by atoms with Gasteiger partial charge in [0.1, 0.15) is 5.75 Å². The second-order valence-electron chi connectivity index (χ2n) is 9.15. The summed E-state index contributed by atoms with van der Waals surface area (Å²) in [5.74, 6) is 0.456. The Kier molecular flexibility index (Phi) is 6.50. The van der Waals surface area contributed by atoms with Crippen molar-refractivity contribution in [2.24, 2.45) is 0 Å². The lowest BCUT2D eigenvalue weighted by Crippen LogP contribution is -2.16. The molecule has 0 aromatic heterocycles. The van der Waals surface area contributed by atoms with Crippen LogP contribution in [0, 0.1) is 27.7 Å². The van der Waals surface area contributed by atoms with Crippen LogP contribution >= 0.6 is 0 Å². The molecule has 1 heteroatoms. The van der Waals surface area contributed by atoms with Crippen molar-refractivity contribution in [2.45, 2.75) is 80.1 Å². The average molecular weight is 341 g/mol. The smallest absolute Gasteiger partial charge is 0.123 e. The Morgan fingerprint density at radius 3 is 1.20 bits per heavy atom. The molecule has 2 rings (SSSR count). The molecule has 2 aromatic rings. The number of phenolic OH excluding ortho intramolecular Hbond substituents is 1. The minimum atomic E-state index is -0.00859. The van der Waals surface area contributed by atoms with Gasteiger partial charge in [0.05, 0.1) is 0 Å². The van der Waals surface area contributed by atoms with E-state index in [0.29, 0.717) is 5.75 Å². The predicted octanol–water partition coefficient (Wildman–Crippen LogP) is 6.91. The van der Waals surface area contributed by atoms with Gasteiger partial charge in [-0.2, -0.15) is 0 Å². The van der Waals surface area contributed by atoms with Crippen LogP contribution in [0.3, 0.4) is 0 Å². The summed E-state index contributed by atoms with van der Waals surface area (Å²) in [5.41, 5.74) is 7.67. The van der Waals surface area contributed by atoms with E-state index < -0.39 is 0 Å². The van der Waals surface area contributed by atoms with Crippen molar-refractivity contribution in [3.8, 4) is 5.75 Å². The molecule has 2 aromatic carbocycles. The lowest BCUT2D eigenvalue weighted by molar-refractivity contribution is 0.423. The first-order chi connectivity index (χ1) is 11.3. The maximum absolute atomic E-state index is 10.3. The second-order valence-corrected chi connectivity index (χ2v) is 9.15. The zero-order chi connectivity index (χ0) is 19.6. The third kappa shape index (κ3) is 5.36. The Bertz CT molecular complexity index is 666. The molecule has 0 unspecified atom stereocenters. The molecule has 0 saturated heterocycles. The van der Waals surface area contributed by atoms with Gasteiger partial charge in [0.2, 0.25) is 0 Å². The van der Waals surface area contributed by atoms with Crippen LogP contribution in [0.15, 0.2) is 30.3 Å². The molecule has 0 amide bonds. The molecule has 1 N–H and O–H groups in total. The molecule has 0 radical (unpaired) electrons. The summed E-state index contributed by atoms with van der Waals surface area (Å²) in [5, 5.41) is 10.3. The van der Waals surface area contributed by atoms with Crippen LogP contribution in [0.25, 0.3) is 0 Å². The summed E-state index contributed by atoms with van der Waals surface area (Å²) in [6, 6.07) is 10.4. The quantitative estimate of drug-likeness (QED) is 0.552. The van der Waals surface area contributed by atoms with Gasteiger partial charge in [-0.15, -0.1) is 0 Å². The predicted molar refractivity (Wildman–Crippen MR) is 111 cm³/mol. The Hall–Kier alpha value is -1.76. The molecule has 0 aliphatic rings. The third-order valence-corrected chi connectivity index (χ3v) is 4.98. The first-order valence-electron chi connectivity index (χ1n) is 9.13. The van der Waals surface area contributed by atoms with Crippen molar-refractivity contribution in [1.29, 1.82) is 0 Å². The number of hydrogen-bond acceptors (Lipinski definition) is 1. The van der Waals surface area contributed by atoms with E-state index in [2.05, 4.69) is 81.4 Å². The molecule has 138 valence electrons. The molecule has 0 aliphatic carbocycles. The average Bonchev–Trinajstić information content (AvgIpc) is 2.47. The summed E-state index contributed by atoms with van der Waals surface area (Å²) in [7, 11) is 0. The summed E-state index contributed by atoms with van der Waals surface area (Å²) < 4.78 is 0. The molecular formula is C24H36O. The highest BCUT2D eigenvalue weighted by molar-refractivity contribution is 5.47. The molecule has 0 aliphatic heterocycles. The Labute approximate surface area is 155 Å². The fourth-order valence-electron chi connectivity index (χ4n) is 2.85. The minimum Gasteiger partial charge on any atom is -0.507 e. The van der Waals surface area contributed by atoms with Gasteiger partial charge in [-0.3, -0.25) is 0 Å². The monoisotopic (exact) mass is 340 g/mol. The van der Waals surface area contributed by atoms with Crippen LogP contribution in [-0.4, -0.2) is 5.11 Å². The third-order valence-electron chi connectivity index (χ3n) is 4.98. The molecule has 0 heterocycles. The largest absolute Gasteiger partial charge is 0.507 e. The Balaban J connectivity index is 0.000000271. The van der Waals surface area contributed by atoms with Crippen LogP contribution < -0.4 is 0 Å². The summed E-state index contributed by atoms with van der Waals surface area (Å²) in [4.78, 5) is 0. The number of hydrogen-bond donors (Lipinski definition) is 1. The van der Waals surface area contributed by atoms with E-state index in [1.807, 2.05) is 18.2 Å². The number of aromatic hydroxyl groups is 1. The van der Waals surface area contributed by atoms with E-state index in [1.54, 1.807) is 0 Å². The summed E-state index contributed by atoms with van der Waals surface area (Å²) in [6.07, 6.45) is 0. The van der Waals surface area contributed by atoms with Gasteiger partial charge in [0.15, 0.2) is 0 Å². The van der Waals surface area contributed by atoms with Gasteiger partial charge in [0.25, 0.3) is 0 Å². The maximum atomic E-state index is 10.3. The van der Waals surface area contributed by atoms with E-state index in [4.69, 9.17) is 0 Å². The molecule has 25 heavy (non-hydrogen) atoms. The SMILES string of the molecule is CC(C)(C)c1cccc(C(C)(C)C)c1O.Cc1ccc(C)c(C)c1C.